The van der Waals surface area contributed by atoms with E-state index in [9.17, 15) is 14.4 Å². The molecule has 20 heavy (non-hydrogen) atoms. The fraction of sp³-hybridized carbons (Fsp3) is 0.800. The minimum Gasteiger partial charge on any atom is -0.468 e. The van der Waals surface area contributed by atoms with Crippen LogP contribution < -0.4 is 0 Å². The van der Waals surface area contributed by atoms with E-state index in [1.165, 1.54) is 14.2 Å². The molecule has 1 rings (SSSR count). The number of carbonyl (C=O) groups is 3. The molecule has 0 aromatic rings. The Bertz CT molecular complexity index is 347. The predicted octanol–water partition coefficient (Wildman–Crippen LogP) is 2.12. The minimum absolute atomic E-state index is 0.156. The van der Waals surface area contributed by atoms with E-state index in [4.69, 9.17) is 9.47 Å². The standard InChI is InChI=1S/C15H24O5/c1-4-5-6-7-10-11(8-9-12(10)16)13(14(17)19-2)15(18)20-3/h10-11,13H,4-9H2,1-3H3/t10-,11-/m1/s1. The molecule has 0 unspecified atom stereocenters. The van der Waals surface area contributed by atoms with E-state index in [0.29, 0.717) is 12.8 Å². The Labute approximate surface area is 120 Å². The normalized spacial score (nSPS) is 22.1. The SMILES string of the molecule is CCCCC[C@H]1C(=O)CC[C@H]1C(C(=O)OC)C(=O)OC. The van der Waals surface area contributed by atoms with Gasteiger partial charge in [0.2, 0.25) is 0 Å². The highest BCUT2D eigenvalue weighted by molar-refractivity contribution is 5.97. The van der Waals surface area contributed by atoms with E-state index in [0.717, 1.165) is 25.7 Å². The average Bonchev–Trinajstić information content (AvgIpc) is 2.80. The van der Waals surface area contributed by atoms with Crippen LogP contribution in [0, 0.1) is 17.8 Å². The Balaban J connectivity index is 2.84. The molecule has 5 nitrogen and oxygen atoms in total. The highest BCUT2D eigenvalue weighted by Crippen LogP contribution is 2.38. The fourth-order valence-electron chi connectivity index (χ4n) is 3.02. The van der Waals surface area contributed by atoms with Gasteiger partial charge in [-0.25, -0.2) is 0 Å². The van der Waals surface area contributed by atoms with Crippen molar-refractivity contribution in [1.29, 1.82) is 0 Å². The Hall–Kier alpha value is -1.39. The lowest BCUT2D eigenvalue weighted by Crippen LogP contribution is -2.36. The number of ether oxygens (including phenoxy) is 2. The van der Waals surface area contributed by atoms with E-state index in [-0.39, 0.29) is 17.6 Å². The second-order valence-corrected chi connectivity index (χ2v) is 5.30. The third kappa shape index (κ3) is 3.81. The molecule has 2 atom stereocenters. The summed E-state index contributed by atoms with van der Waals surface area (Å²) < 4.78 is 9.41. The van der Waals surface area contributed by atoms with Crippen molar-refractivity contribution in [2.24, 2.45) is 17.8 Å². The maximum Gasteiger partial charge on any atom is 0.320 e. The molecule has 1 aliphatic carbocycles. The zero-order chi connectivity index (χ0) is 15.1. The van der Waals surface area contributed by atoms with Crippen LogP contribution in [-0.2, 0) is 23.9 Å². The molecular formula is C15H24O5. The number of methoxy groups -OCH3 is 2. The molecule has 5 heteroatoms. The van der Waals surface area contributed by atoms with Crippen molar-refractivity contribution in [3.63, 3.8) is 0 Å². The van der Waals surface area contributed by atoms with Crippen molar-refractivity contribution in [3.05, 3.63) is 0 Å². The van der Waals surface area contributed by atoms with Crippen molar-refractivity contribution in [3.8, 4) is 0 Å². The van der Waals surface area contributed by atoms with Gasteiger partial charge in [-0.1, -0.05) is 26.2 Å². The van der Waals surface area contributed by atoms with E-state index >= 15 is 0 Å². The van der Waals surface area contributed by atoms with Gasteiger partial charge in [0.25, 0.3) is 0 Å². The molecule has 1 aliphatic rings. The molecule has 0 aliphatic heterocycles. The number of esters is 2. The molecular weight excluding hydrogens is 260 g/mol. The van der Waals surface area contributed by atoms with Crippen LogP contribution >= 0.6 is 0 Å². The largest absolute Gasteiger partial charge is 0.468 e. The summed E-state index contributed by atoms with van der Waals surface area (Å²) in [5.74, 6) is -2.51. The van der Waals surface area contributed by atoms with Gasteiger partial charge in [0.05, 0.1) is 14.2 Å². The van der Waals surface area contributed by atoms with Gasteiger partial charge in [-0.2, -0.15) is 0 Å². The number of hydrogen-bond acceptors (Lipinski definition) is 5. The predicted molar refractivity (Wildman–Crippen MR) is 72.9 cm³/mol. The van der Waals surface area contributed by atoms with Crippen molar-refractivity contribution >= 4 is 17.7 Å². The summed E-state index contributed by atoms with van der Waals surface area (Å²) in [5, 5.41) is 0. The number of unbranched alkanes of at least 4 members (excludes halogenated alkanes) is 2. The zero-order valence-electron chi connectivity index (χ0n) is 12.5. The van der Waals surface area contributed by atoms with Crippen LogP contribution in [0.15, 0.2) is 0 Å². The topological polar surface area (TPSA) is 69.7 Å². The molecule has 0 saturated heterocycles. The maximum atomic E-state index is 12.0. The summed E-state index contributed by atoms with van der Waals surface area (Å²) in [6.07, 6.45) is 4.80. The lowest BCUT2D eigenvalue weighted by atomic mass is 9.81. The summed E-state index contributed by atoms with van der Waals surface area (Å²) in [6.45, 7) is 2.10. The van der Waals surface area contributed by atoms with Gasteiger partial charge in [0, 0.05) is 12.3 Å². The first-order valence-corrected chi connectivity index (χ1v) is 7.25. The number of ketones is 1. The number of carbonyl (C=O) groups excluding carboxylic acids is 3. The minimum atomic E-state index is -0.969. The molecule has 0 aromatic heterocycles. The maximum absolute atomic E-state index is 12.0. The Morgan fingerprint density at radius 1 is 1.20 bits per heavy atom. The molecule has 0 N–H and O–H groups in total. The Morgan fingerprint density at radius 3 is 2.30 bits per heavy atom. The van der Waals surface area contributed by atoms with E-state index in [1.807, 2.05) is 0 Å². The van der Waals surface area contributed by atoms with Crippen LogP contribution in [0.4, 0.5) is 0 Å². The van der Waals surface area contributed by atoms with Crippen molar-refractivity contribution in [2.75, 3.05) is 14.2 Å². The van der Waals surface area contributed by atoms with Gasteiger partial charge >= 0.3 is 11.9 Å². The van der Waals surface area contributed by atoms with Gasteiger partial charge in [0.15, 0.2) is 5.92 Å². The third-order valence-electron chi connectivity index (χ3n) is 4.11. The summed E-state index contributed by atoms with van der Waals surface area (Å²) in [6, 6.07) is 0. The second-order valence-electron chi connectivity index (χ2n) is 5.30. The summed E-state index contributed by atoms with van der Waals surface area (Å²) in [7, 11) is 2.50. The molecule has 0 radical (unpaired) electrons. The molecule has 0 heterocycles. The highest BCUT2D eigenvalue weighted by Gasteiger charge is 2.46. The zero-order valence-corrected chi connectivity index (χ0v) is 12.5. The summed E-state index contributed by atoms with van der Waals surface area (Å²) in [5.41, 5.74) is 0. The van der Waals surface area contributed by atoms with Crippen LogP contribution in [-0.4, -0.2) is 31.9 Å². The van der Waals surface area contributed by atoms with E-state index in [2.05, 4.69) is 6.92 Å². The van der Waals surface area contributed by atoms with Gasteiger partial charge in [0.1, 0.15) is 5.78 Å². The Kier molecular flexibility index (Phi) is 6.68. The lowest BCUT2D eigenvalue weighted by molar-refractivity contribution is -0.162. The van der Waals surface area contributed by atoms with Crippen molar-refractivity contribution in [2.45, 2.75) is 45.4 Å². The highest BCUT2D eigenvalue weighted by atomic mass is 16.5. The van der Waals surface area contributed by atoms with Crippen molar-refractivity contribution < 1.29 is 23.9 Å². The first-order chi connectivity index (χ1) is 9.56. The number of rotatable bonds is 7. The van der Waals surface area contributed by atoms with Crippen LogP contribution in [0.5, 0.6) is 0 Å². The summed E-state index contributed by atoms with van der Waals surface area (Å²) >= 11 is 0. The Morgan fingerprint density at radius 2 is 1.80 bits per heavy atom. The van der Waals surface area contributed by atoms with Crippen LogP contribution in [0.2, 0.25) is 0 Å². The average molecular weight is 284 g/mol. The monoisotopic (exact) mass is 284 g/mol. The smallest absolute Gasteiger partial charge is 0.320 e. The lowest BCUT2D eigenvalue weighted by Gasteiger charge is -2.24. The van der Waals surface area contributed by atoms with E-state index in [1.54, 1.807) is 0 Å². The molecule has 1 fully saturated rings. The van der Waals surface area contributed by atoms with Crippen molar-refractivity contribution in [1.82, 2.24) is 0 Å². The van der Waals surface area contributed by atoms with Crippen LogP contribution in [0.25, 0.3) is 0 Å². The van der Waals surface area contributed by atoms with Gasteiger partial charge in [-0.3, -0.25) is 14.4 Å². The van der Waals surface area contributed by atoms with Gasteiger partial charge in [-0.15, -0.1) is 0 Å². The molecule has 0 aromatic carbocycles. The van der Waals surface area contributed by atoms with Gasteiger partial charge < -0.3 is 9.47 Å². The van der Waals surface area contributed by atoms with Gasteiger partial charge in [-0.05, 0) is 18.8 Å². The van der Waals surface area contributed by atoms with E-state index < -0.39 is 17.9 Å². The molecule has 114 valence electrons. The first-order valence-electron chi connectivity index (χ1n) is 7.25. The summed E-state index contributed by atoms with van der Waals surface area (Å²) in [4.78, 5) is 35.7. The van der Waals surface area contributed by atoms with Crippen LogP contribution in [0.3, 0.4) is 0 Å². The second kappa shape index (κ2) is 8.02. The quantitative estimate of drug-likeness (QED) is 0.407. The molecule has 1 saturated carbocycles. The number of hydrogen-bond donors (Lipinski definition) is 0. The molecule has 0 bridgehead atoms. The number of Topliss-reactive ketones (excluding diaryl/α,β-unsaturated/α-hetero) is 1. The first kappa shape index (κ1) is 16.7. The fourth-order valence-corrected chi connectivity index (χ4v) is 3.02. The van der Waals surface area contributed by atoms with Crippen LogP contribution in [0.1, 0.15) is 45.4 Å². The molecule has 0 spiro atoms. The molecule has 0 amide bonds. The third-order valence-corrected chi connectivity index (χ3v) is 4.11.